The molecule has 0 bridgehead atoms. The second-order valence-corrected chi connectivity index (χ2v) is 8.68. The minimum Gasteiger partial charge on any atom is -0.343 e. The number of hydrogen-bond acceptors (Lipinski definition) is 4. The molecule has 6 nitrogen and oxygen atoms in total. The van der Waals surface area contributed by atoms with Gasteiger partial charge in [0.05, 0.1) is 4.90 Å². The van der Waals surface area contributed by atoms with Crippen LogP contribution in [0.4, 0.5) is 4.39 Å². The van der Waals surface area contributed by atoms with Gasteiger partial charge in [-0.1, -0.05) is 0 Å². The van der Waals surface area contributed by atoms with Gasteiger partial charge in [0, 0.05) is 32.6 Å². The summed E-state index contributed by atoms with van der Waals surface area (Å²) in [5, 5.41) is 3.39. The number of carbonyl (C=O) groups excluding carboxylic acids is 1. The second-order valence-electron chi connectivity index (χ2n) is 6.91. The van der Waals surface area contributed by atoms with Crippen molar-refractivity contribution in [3.05, 3.63) is 30.1 Å². The van der Waals surface area contributed by atoms with Crippen LogP contribution in [0.2, 0.25) is 0 Å². The summed E-state index contributed by atoms with van der Waals surface area (Å²) in [5.41, 5.74) is 0.348. The first-order valence-electron chi connectivity index (χ1n) is 8.64. The Labute approximate surface area is 160 Å². The number of carbonyl (C=O) groups is 1. The van der Waals surface area contributed by atoms with Crippen LogP contribution < -0.4 is 10.0 Å². The average Bonchev–Trinajstić information content (AvgIpc) is 3.04. The van der Waals surface area contributed by atoms with Crippen molar-refractivity contribution in [3.63, 3.8) is 0 Å². The molecule has 2 aliphatic rings. The van der Waals surface area contributed by atoms with Crippen molar-refractivity contribution < 1.29 is 17.6 Å². The van der Waals surface area contributed by atoms with Gasteiger partial charge in [-0.3, -0.25) is 4.79 Å². The fourth-order valence-electron chi connectivity index (χ4n) is 3.60. The smallest absolute Gasteiger partial charge is 0.240 e. The van der Waals surface area contributed by atoms with Crippen molar-refractivity contribution in [2.24, 2.45) is 5.41 Å². The van der Waals surface area contributed by atoms with E-state index in [4.69, 9.17) is 0 Å². The Kier molecular flexibility index (Phi) is 7.01. The third-order valence-corrected chi connectivity index (χ3v) is 6.74. The zero-order valence-corrected chi connectivity index (χ0v) is 16.2. The summed E-state index contributed by atoms with van der Waals surface area (Å²) in [4.78, 5) is 14.1. The Hall–Kier alpha value is -1.22. The van der Waals surface area contributed by atoms with Gasteiger partial charge in [-0.2, -0.15) is 0 Å². The molecule has 0 atom stereocenters. The number of rotatable bonds is 5. The molecule has 0 radical (unpaired) electrons. The largest absolute Gasteiger partial charge is 0.343 e. The molecule has 1 aromatic rings. The predicted molar refractivity (Wildman–Crippen MR) is 99.2 cm³/mol. The standard InChI is InChI=1S/C17H24FN3O3S.ClH/c18-14-1-3-15(4-2-14)25(23,24)20-9-5-16(22)21-11-7-17(8-12-21)6-10-19-13-17;/h1-4,19-20H,5-13H2;1H. The highest BCUT2D eigenvalue weighted by Crippen LogP contribution is 2.36. The molecular formula is C17H25ClFN3O3S. The van der Waals surface area contributed by atoms with Gasteiger partial charge < -0.3 is 10.2 Å². The molecular weight excluding hydrogens is 381 g/mol. The SMILES string of the molecule is Cl.O=C(CCNS(=O)(=O)c1ccc(F)cc1)N1CCC2(CCNC2)CC1. The molecule has 1 amide bonds. The number of likely N-dealkylation sites (tertiary alicyclic amines) is 1. The zero-order chi connectivity index (χ0) is 17.9. The van der Waals surface area contributed by atoms with E-state index in [-0.39, 0.29) is 36.2 Å². The Morgan fingerprint density at radius 1 is 1.19 bits per heavy atom. The minimum absolute atomic E-state index is 0. The Balaban J connectivity index is 0.00000243. The van der Waals surface area contributed by atoms with E-state index in [0.29, 0.717) is 5.41 Å². The molecule has 1 spiro atoms. The van der Waals surface area contributed by atoms with E-state index in [2.05, 4.69) is 10.0 Å². The lowest BCUT2D eigenvalue weighted by Crippen LogP contribution is -2.44. The molecule has 146 valence electrons. The molecule has 1 aromatic carbocycles. The van der Waals surface area contributed by atoms with Crippen molar-refractivity contribution >= 4 is 28.3 Å². The van der Waals surface area contributed by atoms with Gasteiger partial charge in [0.2, 0.25) is 15.9 Å². The maximum Gasteiger partial charge on any atom is 0.240 e. The number of amides is 1. The molecule has 2 saturated heterocycles. The van der Waals surface area contributed by atoms with Gasteiger partial charge in [0.1, 0.15) is 5.82 Å². The van der Waals surface area contributed by atoms with E-state index in [1.807, 2.05) is 4.90 Å². The third-order valence-electron chi connectivity index (χ3n) is 5.26. The molecule has 0 unspecified atom stereocenters. The summed E-state index contributed by atoms with van der Waals surface area (Å²) >= 11 is 0. The molecule has 2 heterocycles. The number of sulfonamides is 1. The van der Waals surface area contributed by atoms with E-state index in [1.54, 1.807) is 0 Å². The summed E-state index contributed by atoms with van der Waals surface area (Å²) in [5.74, 6) is -0.517. The number of halogens is 2. The number of piperidine rings is 1. The van der Waals surface area contributed by atoms with Gasteiger partial charge in [-0.05, 0) is 55.5 Å². The third kappa shape index (κ3) is 4.94. The quantitative estimate of drug-likeness (QED) is 0.778. The van der Waals surface area contributed by atoms with Gasteiger partial charge in [-0.25, -0.2) is 17.5 Å². The summed E-state index contributed by atoms with van der Waals surface area (Å²) < 4.78 is 39.5. The predicted octanol–water partition coefficient (Wildman–Crippen LogP) is 1.52. The normalized spacial score (nSPS) is 19.3. The second kappa shape index (κ2) is 8.65. The first-order chi connectivity index (χ1) is 11.9. The molecule has 9 heteroatoms. The number of nitrogens with one attached hydrogen (secondary N) is 2. The molecule has 26 heavy (non-hydrogen) atoms. The lowest BCUT2D eigenvalue weighted by Gasteiger charge is -2.39. The monoisotopic (exact) mass is 405 g/mol. The minimum atomic E-state index is -3.72. The van der Waals surface area contributed by atoms with Crippen LogP contribution in [0.3, 0.4) is 0 Å². The highest BCUT2D eigenvalue weighted by molar-refractivity contribution is 7.89. The molecule has 0 saturated carbocycles. The van der Waals surface area contributed by atoms with Crippen LogP contribution in [-0.2, 0) is 14.8 Å². The van der Waals surface area contributed by atoms with Crippen LogP contribution in [0, 0.1) is 11.2 Å². The molecule has 0 aliphatic carbocycles. The van der Waals surface area contributed by atoms with E-state index in [0.717, 1.165) is 51.2 Å². The van der Waals surface area contributed by atoms with E-state index in [9.17, 15) is 17.6 Å². The molecule has 3 rings (SSSR count). The maximum atomic E-state index is 12.9. The highest BCUT2D eigenvalue weighted by Gasteiger charge is 2.37. The van der Waals surface area contributed by atoms with Crippen molar-refractivity contribution in [2.75, 3.05) is 32.7 Å². The Morgan fingerprint density at radius 2 is 1.85 bits per heavy atom. The van der Waals surface area contributed by atoms with Crippen LogP contribution in [0.25, 0.3) is 0 Å². The zero-order valence-electron chi connectivity index (χ0n) is 14.5. The Morgan fingerprint density at radius 3 is 2.42 bits per heavy atom. The van der Waals surface area contributed by atoms with Crippen LogP contribution in [0.1, 0.15) is 25.7 Å². The highest BCUT2D eigenvalue weighted by atomic mass is 35.5. The van der Waals surface area contributed by atoms with Gasteiger partial charge in [-0.15, -0.1) is 12.4 Å². The van der Waals surface area contributed by atoms with Gasteiger partial charge in [0.15, 0.2) is 0 Å². The van der Waals surface area contributed by atoms with Crippen LogP contribution in [0.15, 0.2) is 29.2 Å². The van der Waals surface area contributed by atoms with Gasteiger partial charge >= 0.3 is 0 Å². The van der Waals surface area contributed by atoms with Crippen LogP contribution in [0.5, 0.6) is 0 Å². The maximum absolute atomic E-state index is 12.9. The molecule has 2 aliphatic heterocycles. The van der Waals surface area contributed by atoms with Crippen molar-refractivity contribution in [1.29, 1.82) is 0 Å². The summed E-state index contributed by atoms with van der Waals surface area (Å²) in [7, 11) is -3.72. The molecule has 0 aromatic heterocycles. The average molecular weight is 406 g/mol. The van der Waals surface area contributed by atoms with E-state index < -0.39 is 15.8 Å². The van der Waals surface area contributed by atoms with E-state index in [1.165, 1.54) is 18.6 Å². The van der Waals surface area contributed by atoms with Gasteiger partial charge in [0.25, 0.3) is 0 Å². The fraction of sp³-hybridized carbons (Fsp3) is 0.588. The lowest BCUT2D eigenvalue weighted by atomic mass is 9.78. The first-order valence-corrected chi connectivity index (χ1v) is 10.1. The Bertz CT molecular complexity index is 711. The summed E-state index contributed by atoms with van der Waals surface area (Å²) in [6, 6.07) is 4.61. The fourth-order valence-corrected chi connectivity index (χ4v) is 4.63. The molecule has 2 fully saturated rings. The summed E-state index contributed by atoms with van der Waals surface area (Å²) in [6.07, 6.45) is 3.32. The lowest BCUT2D eigenvalue weighted by molar-refractivity contribution is -0.133. The first kappa shape index (κ1) is 21.1. The van der Waals surface area contributed by atoms with Crippen molar-refractivity contribution in [3.8, 4) is 0 Å². The number of nitrogens with zero attached hydrogens (tertiary/aromatic N) is 1. The topological polar surface area (TPSA) is 78.5 Å². The van der Waals surface area contributed by atoms with Crippen molar-refractivity contribution in [2.45, 2.75) is 30.6 Å². The number of hydrogen-bond donors (Lipinski definition) is 2. The van der Waals surface area contributed by atoms with E-state index >= 15 is 0 Å². The molecule has 2 N–H and O–H groups in total. The number of benzene rings is 1. The van der Waals surface area contributed by atoms with Crippen LogP contribution in [-0.4, -0.2) is 51.9 Å². The van der Waals surface area contributed by atoms with Crippen LogP contribution >= 0.6 is 12.4 Å². The summed E-state index contributed by atoms with van der Waals surface area (Å²) in [6.45, 7) is 3.61. The van der Waals surface area contributed by atoms with Crippen molar-refractivity contribution in [1.82, 2.24) is 14.9 Å².